The number of halogens is 1. The number of benzene rings is 2. The zero-order valence-electron chi connectivity index (χ0n) is 20.5. The van der Waals surface area contributed by atoms with Gasteiger partial charge in [0.05, 0.1) is 35.8 Å². The van der Waals surface area contributed by atoms with Gasteiger partial charge in [-0.15, -0.1) is 11.8 Å². The van der Waals surface area contributed by atoms with E-state index in [0.717, 1.165) is 5.56 Å². The van der Waals surface area contributed by atoms with Crippen LogP contribution in [0.3, 0.4) is 0 Å². The summed E-state index contributed by atoms with van der Waals surface area (Å²) in [6.45, 7) is 0.196. The smallest absolute Gasteiger partial charge is 0.311 e. The van der Waals surface area contributed by atoms with E-state index in [-0.39, 0.29) is 30.3 Å². The standard InChI is InChI=1S/C29H27ClN2O5S/c30-19-10-12-20(13-11-19)31-15-6-14-29-24(23-22(38-29)9-4-5-16-37-28(23)36)26(34)32(25(29)27(31)35)21(17-33)18-7-2-1-3-8-18/h1-4,6-14,21-25,33H,5,15-17H2/t21-,22+,23-,24+,25?,29+/m1/s1. The van der Waals surface area contributed by atoms with E-state index < -0.39 is 34.6 Å². The van der Waals surface area contributed by atoms with Crippen LogP contribution in [0, 0.1) is 11.8 Å². The minimum Gasteiger partial charge on any atom is -0.465 e. The van der Waals surface area contributed by atoms with Crippen molar-refractivity contribution in [3.8, 4) is 0 Å². The molecule has 7 nitrogen and oxygen atoms in total. The number of fused-ring (bicyclic) bond motifs is 2. The van der Waals surface area contributed by atoms with E-state index in [1.807, 2.05) is 54.6 Å². The Balaban J connectivity index is 1.51. The minimum absolute atomic E-state index is 0.257. The normalized spacial score (nSPS) is 31.2. The van der Waals surface area contributed by atoms with Gasteiger partial charge >= 0.3 is 5.97 Å². The van der Waals surface area contributed by atoms with E-state index >= 15 is 0 Å². The zero-order chi connectivity index (χ0) is 26.4. The number of thioether (sulfide) groups is 1. The molecule has 2 saturated heterocycles. The Morgan fingerprint density at radius 1 is 1.05 bits per heavy atom. The van der Waals surface area contributed by atoms with Crippen LogP contribution in [0.5, 0.6) is 0 Å². The Hall–Kier alpha value is -3.07. The van der Waals surface area contributed by atoms with Crippen molar-refractivity contribution in [2.45, 2.75) is 28.5 Å². The molecule has 0 radical (unpaired) electrons. The first-order valence-corrected chi connectivity index (χ1v) is 14.0. The molecular formula is C29H27ClN2O5S. The second-order valence-corrected chi connectivity index (χ2v) is 11.8. The number of amides is 2. The van der Waals surface area contributed by atoms with Crippen LogP contribution < -0.4 is 4.90 Å². The molecule has 2 fully saturated rings. The van der Waals surface area contributed by atoms with Crippen LogP contribution in [0.4, 0.5) is 5.69 Å². The van der Waals surface area contributed by atoms with E-state index in [2.05, 4.69) is 0 Å². The topological polar surface area (TPSA) is 87.2 Å². The van der Waals surface area contributed by atoms with Crippen molar-refractivity contribution >= 4 is 46.8 Å². The third-order valence-corrected chi connectivity index (χ3v) is 9.89. The van der Waals surface area contributed by atoms with Crippen molar-refractivity contribution in [2.75, 3.05) is 24.7 Å². The van der Waals surface area contributed by atoms with E-state index in [1.54, 1.807) is 29.2 Å². The van der Waals surface area contributed by atoms with Crippen molar-refractivity contribution in [3.63, 3.8) is 0 Å². The van der Waals surface area contributed by atoms with Gasteiger partial charge in [-0.25, -0.2) is 0 Å². The van der Waals surface area contributed by atoms with E-state index in [1.165, 1.54) is 16.7 Å². The van der Waals surface area contributed by atoms with E-state index in [0.29, 0.717) is 23.7 Å². The van der Waals surface area contributed by atoms with Crippen LogP contribution in [0.2, 0.25) is 5.02 Å². The summed E-state index contributed by atoms with van der Waals surface area (Å²) in [6, 6.07) is 14.5. The van der Waals surface area contributed by atoms with Gasteiger partial charge < -0.3 is 19.6 Å². The lowest BCUT2D eigenvalue weighted by Crippen LogP contribution is -2.54. The second-order valence-electron chi connectivity index (χ2n) is 9.91. The number of carbonyl (C=O) groups is 3. The molecule has 1 unspecified atom stereocenters. The lowest BCUT2D eigenvalue weighted by molar-refractivity contribution is -0.153. The third-order valence-electron chi connectivity index (χ3n) is 7.89. The summed E-state index contributed by atoms with van der Waals surface area (Å²) in [5.74, 6) is -2.53. The zero-order valence-corrected chi connectivity index (χ0v) is 22.1. The molecule has 196 valence electrons. The first-order chi connectivity index (χ1) is 18.5. The fraction of sp³-hybridized carbons (Fsp3) is 0.345. The highest BCUT2D eigenvalue weighted by molar-refractivity contribution is 8.02. The number of aliphatic hydroxyl groups is 1. The van der Waals surface area contributed by atoms with Gasteiger partial charge in [0.2, 0.25) is 5.91 Å². The minimum atomic E-state index is -0.999. The highest BCUT2D eigenvalue weighted by Crippen LogP contribution is 2.62. The van der Waals surface area contributed by atoms with Gasteiger partial charge in [0, 0.05) is 22.5 Å². The molecule has 2 aromatic rings. The van der Waals surface area contributed by atoms with Crippen molar-refractivity contribution in [1.29, 1.82) is 0 Å². The highest BCUT2D eigenvalue weighted by atomic mass is 35.5. The molecule has 9 heteroatoms. The molecule has 0 aliphatic carbocycles. The number of ether oxygens (including phenoxy) is 1. The molecule has 6 atom stereocenters. The number of cyclic esters (lactones) is 1. The predicted molar refractivity (Wildman–Crippen MR) is 146 cm³/mol. The maximum atomic E-state index is 14.5. The largest absolute Gasteiger partial charge is 0.465 e. The first-order valence-electron chi connectivity index (χ1n) is 12.7. The summed E-state index contributed by atoms with van der Waals surface area (Å²) in [4.78, 5) is 45.4. The monoisotopic (exact) mass is 550 g/mol. The van der Waals surface area contributed by atoms with Gasteiger partial charge in [-0.05, 0) is 36.2 Å². The molecule has 6 rings (SSSR count). The number of nitrogens with zero attached hydrogens (tertiary/aromatic N) is 2. The van der Waals surface area contributed by atoms with Crippen LogP contribution in [-0.2, 0) is 19.1 Å². The first kappa shape index (κ1) is 25.2. The Morgan fingerprint density at radius 2 is 1.82 bits per heavy atom. The molecule has 1 N–H and O–H groups in total. The average molecular weight is 551 g/mol. The molecule has 2 amide bonds. The summed E-state index contributed by atoms with van der Waals surface area (Å²) < 4.78 is 4.54. The van der Waals surface area contributed by atoms with Gasteiger partial charge in [-0.2, -0.15) is 0 Å². The summed E-state index contributed by atoms with van der Waals surface area (Å²) in [7, 11) is 0. The number of esters is 1. The number of carbonyl (C=O) groups excluding carboxylic acids is 3. The summed E-state index contributed by atoms with van der Waals surface area (Å²) in [5, 5.41) is 10.8. The molecule has 0 aromatic heterocycles. The maximum Gasteiger partial charge on any atom is 0.311 e. The van der Waals surface area contributed by atoms with Crippen LogP contribution in [0.25, 0.3) is 0 Å². The number of hydrogen-bond donors (Lipinski definition) is 1. The summed E-state index contributed by atoms with van der Waals surface area (Å²) >= 11 is 7.59. The lowest BCUT2D eigenvalue weighted by Gasteiger charge is -2.38. The number of anilines is 1. The van der Waals surface area contributed by atoms with Crippen LogP contribution >= 0.6 is 23.4 Å². The van der Waals surface area contributed by atoms with E-state index in [4.69, 9.17) is 16.3 Å². The number of aliphatic hydroxyl groups excluding tert-OH is 1. The Kier molecular flexibility index (Phi) is 6.58. The molecule has 4 heterocycles. The number of rotatable bonds is 4. The van der Waals surface area contributed by atoms with Gasteiger partial charge in [-0.1, -0.05) is 66.2 Å². The molecule has 4 aliphatic heterocycles. The van der Waals surface area contributed by atoms with Crippen LogP contribution in [0.15, 0.2) is 78.9 Å². The number of likely N-dealkylation sites (tertiary alicyclic amines) is 1. The fourth-order valence-corrected chi connectivity index (χ4v) is 8.38. The summed E-state index contributed by atoms with van der Waals surface area (Å²) in [6.07, 6.45) is 8.43. The second kappa shape index (κ2) is 9.91. The van der Waals surface area contributed by atoms with Crippen molar-refractivity contribution in [3.05, 3.63) is 89.5 Å². The Bertz CT molecular complexity index is 1320. The van der Waals surface area contributed by atoms with Crippen molar-refractivity contribution in [2.24, 2.45) is 11.8 Å². The predicted octanol–water partition coefficient (Wildman–Crippen LogP) is 3.78. The third kappa shape index (κ3) is 3.89. The molecule has 0 saturated carbocycles. The average Bonchev–Trinajstić information content (AvgIpc) is 3.30. The van der Waals surface area contributed by atoms with Crippen LogP contribution in [-0.4, -0.2) is 63.6 Å². The van der Waals surface area contributed by atoms with Crippen molar-refractivity contribution < 1.29 is 24.2 Å². The highest BCUT2D eigenvalue weighted by Gasteiger charge is 2.71. The molecule has 4 aliphatic rings. The van der Waals surface area contributed by atoms with Crippen molar-refractivity contribution in [1.82, 2.24) is 4.90 Å². The fourth-order valence-electron chi connectivity index (χ4n) is 6.26. The SMILES string of the molecule is O=C1OCCC=C[C@@H]2S[C@]34C=CCN(c5ccc(Cl)cc5)C(=O)C3N([C@H](CO)c3ccccc3)C(=O)[C@@H]4[C@H]12. The van der Waals surface area contributed by atoms with Gasteiger partial charge in [-0.3, -0.25) is 14.4 Å². The van der Waals surface area contributed by atoms with Gasteiger partial charge in [0.1, 0.15) is 6.04 Å². The molecular weight excluding hydrogens is 524 g/mol. The van der Waals surface area contributed by atoms with E-state index in [9.17, 15) is 19.5 Å². The van der Waals surface area contributed by atoms with Crippen LogP contribution in [0.1, 0.15) is 18.0 Å². The lowest BCUT2D eigenvalue weighted by atomic mass is 9.78. The quantitative estimate of drug-likeness (QED) is 0.460. The maximum absolute atomic E-state index is 14.5. The Labute approximate surface area is 230 Å². The number of hydrogen-bond acceptors (Lipinski definition) is 6. The molecule has 0 bridgehead atoms. The van der Waals surface area contributed by atoms with Gasteiger partial charge in [0.15, 0.2) is 0 Å². The molecule has 38 heavy (non-hydrogen) atoms. The Morgan fingerprint density at radius 3 is 2.55 bits per heavy atom. The summed E-state index contributed by atoms with van der Waals surface area (Å²) in [5.41, 5.74) is 1.38. The molecule has 2 aromatic carbocycles. The molecule has 1 spiro atoms. The van der Waals surface area contributed by atoms with Gasteiger partial charge in [0.25, 0.3) is 5.91 Å².